The van der Waals surface area contributed by atoms with Crippen molar-refractivity contribution in [2.24, 2.45) is 0 Å². The molecule has 0 fully saturated rings. The number of para-hydroxylation sites is 1. The van der Waals surface area contributed by atoms with Crippen molar-refractivity contribution in [1.29, 1.82) is 0 Å². The predicted octanol–water partition coefficient (Wildman–Crippen LogP) is 1.22. The van der Waals surface area contributed by atoms with Gasteiger partial charge >= 0.3 is 0 Å². The van der Waals surface area contributed by atoms with E-state index < -0.39 is 0 Å². The molecule has 82 valence electrons. The largest absolute Gasteiger partial charge is 0.304 e. The number of rotatable bonds is 4. The molecule has 4 nitrogen and oxygen atoms in total. The van der Waals surface area contributed by atoms with Crippen LogP contribution in [0.4, 0.5) is 0 Å². The Morgan fingerprint density at radius 2 is 2.31 bits per heavy atom. The number of terminal acetylenes is 1. The van der Waals surface area contributed by atoms with Crippen LogP contribution in [0.5, 0.6) is 0 Å². The maximum absolute atomic E-state index is 5.18. The van der Waals surface area contributed by atoms with Gasteiger partial charge in [0.2, 0.25) is 0 Å². The van der Waals surface area contributed by atoms with Crippen molar-refractivity contribution < 1.29 is 0 Å². The maximum Gasteiger partial charge on any atom is 0.113 e. The third-order valence-electron chi connectivity index (χ3n) is 2.46. The van der Waals surface area contributed by atoms with Crippen LogP contribution in [0.2, 0.25) is 0 Å². The Hall–Kier alpha value is -1.86. The molecule has 0 aliphatic heterocycles. The summed E-state index contributed by atoms with van der Waals surface area (Å²) in [7, 11) is 0. The van der Waals surface area contributed by atoms with E-state index in [-0.39, 0.29) is 6.04 Å². The zero-order valence-corrected chi connectivity index (χ0v) is 9.22. The molecule has 0 bridgehead atoms. The third-order valence-corrected chi connectivity index (χ3v) is 2.46. The fraction of sp³-hybridized carbons (Fsp3) is 0.333. The molecule has 1 aromatic heterocycles. The van der Waals surface area contributed by atoms with Crippen LogP contribution in [0, 0.1) is 12.3 Å². The van der Waals surface area contributed by atoms with Gasteiger partial charge in [0.15, 0.2) is 0 Å². The predicted molar refractivity (Wildman–Crippen MR) is 63.9 cm³/mol. The average Bonchev–Trinajstić information content (AvgIpc) is 2.73. The van der Waals surface area contributed by atoms with Crippen LogP contribution in [0.25, 0.3) is 11.0 Å². The molecule has 2 rings (SSSR count). The van der Waals surface area contributed by atoms with E-state index in [4.69, 9.17) is 6.42 Å². The highest BCUT2D eigenvalue weighted by Gasteiger charge is 2.09. The summed E-state index contributed by atoms with van der Waals surface area (Å²) in [5, 5.41) is 11.4. The van der Waals surface area contributed by atoms with Gasteiger partial charge in [-0.3, -0.25) is 0 Å². The normalized spacial score (nSPS) is 12.5. The zero-order chi connectivity index (χ0) is 11.4. The quantitative estimate of drug-likeness (QED) is 0.614. The fourth-order valence-corrected chi connectivity index (χ4v) is 1.65. The molecule has 0 saturated heterocycles. The lowest BCUT2D eigenvalue weighted by Crippen LogP contribution is -2.24. The number of nitrogens with zero attached hydrogens (tertiary/aromatic N) is 3. The molecular weight excluding hydrogens is 200 g/mol. The molecule has 1 heterocycles. The lowest BCUT2D eigenvalue weighted by Gasteiger charge is -2.12. The second-order valence-corrected chi connectivity index (χ2v) is 3.71. The van der Waals surface area contributed by atoms with Crippen LogP contribution in [-0.2, 0) is 0 Å². The van der Waals surface area contributed by atoms with E-state index in [1.807, 2.05) is 28.9 Å². The topological polar surface area (TPSA) is 42.7 Å². The van der Waals surface area contributed by atoms with E-state index in [1.54, 1.807) is 0 Å². The Morgan fingerprint density at radius 3 is 3.12 bits per heavy atom. The monoisotopic (exact) mass is 214 g/mol. The molecule has 0 radical (unpaired) electrons. The van der Waals surface area contributed by atoms with Gasteiger partial charge < -0.3 is 5.32 Å². The molecule has 1 N–H and O–H groups in total. The number of hydrogen-bond acceptors (Lipinski definition) is 3. The van der Waals surface area contributed by atoms with Gasteiger partial charge in [0.25, 0.3) is 0 Å². The van der Waals surface area contributed by atoms with Crippen molar-refractivity contribution in [2.75, 3.05) is 13.1 Å². The number of nitrogens with one attached hydrogen (secondary N) is 1. The van der Waals surface area contributed by atoms with E-state index in [9.17, 15) is 0 Å². The van der Waals surface area contributed by atoms with E-state index in [2.05, 4.69) is 28.5 Å². The molecule has 0 spiro atoms. The summed E-state index contributed by atoms with van der Waals surface area (Å²) in [6.45, 7) is 3.46. The van der Waals surface area contributed by atoms with E-state index in [1.165, 1.54) is 0 Å². The van der Waals surface area contributed by atoms with Crippen molar-refractivity contribution in [1.82, 2.24) is 20.3 Å². The Bertz CT molecular complexity index is 509. The van der Waals surface area contributed by atoms with Gasteiger partial charge in [-0.15, -0.1) is 11.5 Å². The van der Waals surface area contributed by atoms with Crippen molar-refractivity contribution in [3.05, 3.63) is 24.3 Å². The lowest BCUT2D eigenvalue weighted by atomic mass is 10.3. The second-order valence-electron chi connectivity index (χ2n) is 3.71. The Balaban J connectivity index is 2.17. The first-order valence-electron chi connectivity index (χ1n) is 5.27. The molecule has 0 amide bonds. The third kappa shape index (κ3) is 2.05. The fourth-order valence-electron chi connectivity index (χ4n) is 1.65. The molecule has 16 heavy (non-hydrogen) atoms. The van der Waals surface area contributed by atoms with Gasteiger partial charge in [-0.05, 0) is 19.1 Å². The molecule has 0 aliphatic carbocycles. The first-order valence-corrected chi connectivity index (χ1v) is 5.27. The minimum atomic E-state index is 0.237. The summed E-state index contributed by atoms with van der Waals surface area (Å²) in [5.74, 6) is 2.55. The highest BCUT2D eigenvalue weighted by molar-refractivity contribution is 5.73. The van der Waals surface area contributed by atoms with Crippen LogP contribution in [0.15, 0.2) is 24.3 Å². The van der Waals surface area contributed by atoms with Crippen LogP contribution in [0.1, 0.15) is 13.0 Å². The maximum atomic E-state index is 5.18. The van der Waals surface area contributed by atoms with Crippen molar-refractivity contribution in [3.8, 4) is 12.3 Å². The van der Waals surface area contributed by atoms with Gasteiger partial charge in [-0.1, -0.05) is 23.3 Å². The lowest BCUT2D eigenvalue weighted by molar-refractivity contribution is 0.465. The van der Waals surface area contributed by atoms with E-state index in [0.717, 1.165) is 17.6 Å². The molecular formula is C12H14N4. The molecule has 0 saturated carbocycles. The zero-order valence-electron chi connectivity index (χ0n) is 9.22. The number of benzene rings is 1. The summed E-state index contributed by atoms with van der Waals surface area (Å²) in [5.41, 5.74) is 1.98. The first-order chi connectivity index (χ1) is 7.83. The molecule has 1 aromatic carbocycles. The van der Waals surface area contributed by atoms with Crippen molar-refractivity contribution in [2.45, 2.75) is 13.0 Å². The van der Waals surface area contributed by atoms with Gasteiger partial charge in [0, 0.05) is 6.54 Å². The summed E-state index contributed by atoms with van der Waals surface area (Å²) >= 11 is 0. The van der Waals surface area contributed by atoms with Gasteiger partial charge in [0.05, 0.1) is 18.1 Å². The summed E-state index contributed by atoms with van der Waals surface area (Å²) in [6, 6.07) is 8.17. The number of hydrogen-bond donors (Lipinski definition) is 1. The van der Waals surface area contributed by atoms with Crippen LogP contribution in [0.3, 0.4) is 0 Å². The van der Waals surface area contributed by atoms with Crippen molar-refractivity contribution in [3.63, 3.8) is 0 Å². The molecule has 1 unspecified atom stereocenters. The Morgan fingerprint density at radius 1 is 1.50 bits per heavy atom. The standard InChI is InChI=1S/C12H14N4/c1-3-8-13-9-10(2)16-12-7-5-4-6-11(12)14-15-16/h1,4-7,10,13H,8-9H2,2H3. The van der Waals surface area contributed by atoms with Crippen LogP contribution >= 0.6 is 0 Å². The van der Waals surface area contributed by atoms with Gasteiger partial charge in [0.1, 0.15) is 5.52 Å². The minimum absolute atomic E-state index is 0.237. The van der Waals surface area contributed by atoms with E-state index >= 15 is 0 Å². The summed E-state index contributed by atoms with van der Waals surface area (Å²) < 4.78 is 1.92. The minimum Gasteiger partial charge on any atom is -0.304 e. The molecule has 0 aliphatic rings. The second kappa shape index (κ2) is 4.77. The summed E-state index contributed by atoms with van der Waals surface area (Å²) in [4.78, 5) is 0. The highest BCUT2D eigenvalue weighted by Crippen LogP contribution is 2.14. The molecule has 2 aromatic rings. The number of fused-ring (bicyclic) bond motifs is 1. The van der Waals surface area contributed by atoms with Gasteiger partial charge in [-0.25, -0.2) is 4.68 Å². The van der Waals surface area contributed by atoms with Crippen molar-refractivity contribution >= 4 is 11.0 Å². The van der Waals surface area contributed by atoms with Gasteiger partial charge in [-0.2, -0.15) is 0 Å². The highest BCUT2D eigenvalue weighted by atomic mass is 15.4. The summed E-state index contributed by atoms with van der Waals surface area (Å²) in [6.07, 6.45) is 5.18. The van der Waals surface area contributed by atoms with E-state index in [0.29, 0.717) is 6.54 Å². The first kappa shape index (κ1) is 10.7. The SMILES string of the molecule is C#CCNCC(C)n1nnc2ccccc21. The average molecular weight is 214 g/mol. The Kier molecular flexibility index (Phi) is 3.18. The number of aromatic nitrogens is 3. The molecule has 4 heteroatoms. The van der Waals surface area contributed by atoms with Crippen LogP contribution in [-0.4, -0.2) is 28.1 Å². The smallest absolute Gasteiger partial charge is 0.113 e. The Labute approximate surface area is 94.6 Å². The molecule has 1 atom stereocenters. The van der Waals surface area contributed by atoms with Crippen LogP contribution < -0.4 is 5.32 Å².